The summed E-state index contributed by atoms with van der Waals surface area (Å²) in [6, 6.07) is 8.76. The standard InChI is InChI=1S/C14H9ClN4O2/c1-17-10-2-5-13(16)14(7-10)18-8-9-6-11(19(20)21)3-4-12(9)15/h2-8H,16H2. The van der Waals surface area contributed by atoms with E-state index in [1.54, 1.807) is 12.1 Å². The van der Waals surface area contributed by atoms with Crippen LogP contribution in [0, 0.1) is 16.7 Å². The third-order valence-electron chi connectivity index (χ3n) is 2.68. The lowest BCUT2D eigenvalue weighted by molar-refractivity contribution is -0.384. The first-order valence-corrected chi connectivity index (χ1v) is 6.14. The number of nitrogen functional groups attached to an aromatic ring is 1. The number of anilines is 1. The number of aliphatic imine (C=N–C) groups is 1. The molecule has 0 bridgehead atoms. The van der Waals surface area contributed by atoms with Gasteiger partial charge in [-0.25, -0.2) is 4.85 Å². The molecular weight excluding hydrogens is 292 g/mol. The second-order valence-corrected chi connectivity index (χ2v) is 4.48. The van der Waals surface area contributed by atoms with Crippen molar-refractivity contribution in [3.63, 3.8) is 0 Å². The largest absolute Gasteiger partial charge is 0.397 e. The SMILES string of the molecule is [C-]#[N+]c1ccc(N)c(N=Cc2cc([N+](=O)[O-])ccc2Cl)c1. The third-order valence-corrected chi connectivity index (χ3v) is 3.02. The summed E-state index contributed by atoms with van der Waals surface area (Å²) in [7, 11) is 0. The second-order valence-electron chi connectivity index (χ2n) is 4.08. The maximum atomic E-state index is 10.7. The molecule has 0 fully saturated rings. The molecule has 2 aromatic carbocycles. The van der Waals surface area contributed by atoms with Crippen molar-refractivity contribution in [2.45, 2.75) is 0 Å². The number of nitro benzene ring substituents is 1. The topological polar surface area (TPSA) is 85.9 Å². The van der Waals surface area contributed by atoms with Gasteiger partial charge in [0.25, 0.3) is 5.69 Å². The Bertz CT molecular complexity index is 781. The van der Waals surface area contributed by atoms with Gasteiger partial charge in [0.1, 0.15) is 0 Å². The lowest BCUT2D eigenvalue weighted by atomic mass is 10.2. The van der Waals surface area contributed by atoms with Crippen LogP contribution in [0.5, 0.6) is 0 Å². The highest BCUT2D eigenvalue weighted by Gasteiger charge is 2.08. The number of hydrogen-bond acceptors (Lipinski definition) is 4. The van der Waals surface area contributed by atoms with Crippen LogP contribution in [-0.4, -0.2) is 11.1 Å². The average Bonchev–Trinajstić information content (AvgIpc) is 2.47. The summed E-state index contributed by atoms with van der Waals surface area (Å²) in [5.41, 5.74) is 7.30. The van der Waals surface area contributed by atoms with Crippen LogP contribution < -0.4 is 5.73 Å². The number of nitrogens with two attached hydrogens (primary N) is 1. The van der Waals surface area contributed by atoms with Gasteiger partial charge in [-0.15, -0.1) is 0 Å². The first-order chi connectivity index (χ1) is 10.0. The molecule has 2 rings (SSSR count). The van der Waals surface area contributed by atoms with E-state index in [1.807, 2.05) is 0 Å². The van der Waals surface area contributed by atoms with E-state index in [0.29, 0.717) is 27.6 Å². The van der Waals surface area contributed by atoms with Crippen LogP contribution in [0.2, 0.25) is 5.02 Å². The number of halogens is 1. The molecule has 0 aromatic heterocycles. The normalized spacial score (nSPS) is 10.5. The number of nitro groups is 1. The highest BCUT2D eigenvalue weighted by atomic mass is 35.5. The monoisotopic (exact) mass is 300 g/mol. The second kappa shape index (κ2) is 6.03. The van der Waals surface area contributed by atoms with E-state index < -0.39 is 4.92 Å². The molecule has 2 aromatic rings. The molecule has 0 saturated heterocycles. The fourth-order valence-corrected chi connectivity index (χ4v) is 1.76. The van der Waals surface area contributed by atoms with E-state index >= 15 is 0 Å². The van der Waals surface area contributed by atoms with Gasteiger partial charge in [-0.2, -0.15) is 0 Å². The van der Waals surface area contributed by atoms with Gasteiger partial charge in [0, 0.05) is 28.9 Å². The maximum absolute atomic E-state index is 10.7. The molecule has 0 saturated carbocycles. The molecule has 21 heavy (non-hydrogen) atoms. The minimum absolute atomic E-state index is 0.0799. The first kappa shape index (κ1) is 14.5. The van der Waals surface area contributed by atoms with Crippen LogP contribution >= 0.6 is 11.6 Å². The van der Waals surface area contributed by atoms with Crippen molar-refractivity contribution in [1.82, 2.24) is 0 Å². The van der Waals surface area contributed by atoms with Gasteiger partial charge >= 0.3 is 0 Å². The predicted molar refractivity (Wildman–Crippen MR) is 82.5 cm³/mol. The van der Waals surface area contributed by atoms with Gasteiger partial charge in [0.05, 0.1) is 22.9 Å². The van der Waals surface area contributed by atoms with Crippen molar-refractivity contribution in [3.05, 3.63) is 68.5 Å². The van der Waals surface area contributed by atoms with Crippen molar-refractivity contribution in [1.29, 1.82) is 0 Å². The zero-order chi connectivity index (χ0) is 15.4. The molecule has 0 atom stereocenters. The molecular formula is C14H9ClN4O2. The third kappa shape index (κ3) is 3.35. The minimum Gasteiger partial charge on any atom is -0.397 e. The Balaban J connectivity index is 2.40. The summed E-state index contributed by atoms with van der Waals surface area (Å²) in [6.45, 7) is 6.95. The van der Waals surface area contributed by atoms with Crippen LogP contribution in [0.3, 0.4) is 0 Å². The molecule has 0 amide bonds. The highest BCUT2D eigenvalue weighted by molar-refractivity contribution is 6.33. The summed E-state index contributed by atoms with van der Waals surface area (Å²) in [5, 5.41) is 11.1. The number of non-ortho nitro benzene ring substituents is 1. The van der Waals surface area contributed by atoms with Crippen molar-refractivity contribution >= 4 is 40.6 Å². The highest BCUT2D eigenvalue weighted by Crippen LogP contribution is 2.28. The van der Waals surface area contributed by atoms with Gasteiger partial charge in [-0.3, -0.25) is 15.1 Å². The van der Waals surface area contributed by atoms with Gasteiger partial charge < -0.3 is 5.73 Å². The number of hydrogen-bond donors (Lipinski definition) is 1. The number of benzene rings is 2. The molecule has 2 N–H and O–H groups in total. The Morgan fingerprint density at radius 3 is 2.76 bits per heavy atom. The van der Waals surface area contributed by atoms with Crippen LogP contribution in [0.25, 0.3) is 4.85 Å². The van der Waals surface area contributed by atoms with E-state index in [4.69, 9.17) is 23.9 Å². The van der Waals surface area contributed by atoms with Crippen LogP contribution in [0.15, 0.2) is 41.4 Å². The molecule has 0 aliphatic rings. The number of nitrogens with zero attached hydrogens (tertiary/aromatic N) is 3. The van der Waals surface area contributed by atoms with Gasteiger partial charge in [-0.05, 0) is 18.2 Å². The molecule has 7 heteroatoms. The Morgan fingerprint density at radius 2 is 2.10 bits per heavy atom. The summed E-state index contributed by atoms with van der Waals surface area (Å²) in [6.07, 6.45) is 1.38. The number of rotatable bonds is 3. The van der Waals surface area contributed by atoms with E-state index in [9.17, 15) is 10.1 Å². The van der Waals surface area contributed by atoms with Crippen LogP contribution in [0.4, 0.5) is 22.7 Å². The molecule has 0 aliphatic heterocycles. The molecule has 0 spiro atoms. The van der Waals surface area contributed by atoms with Gasteiger partial charge in [0.2, 0.25) is 0 Å². The summed E-state index contributed by atoms with van der Waals surface area (Å²) in [4.78, 5) is 17.7. The van der Waals surface area contributed by atoms with E-state index in [2.05, 4.69) is 9.84 Å². The van der Waals surface area contributed by atoms with E-state index in [-0.39, 0.29) is 5.69 Å². The molecule has 0 radical (unpaired) electrons. The van der Waals surface area contributed by atoms with Gasteiger partial charge in [0.15, 0.2) is 5.69 Å². The Hall–Kier alpha value is -2.91. The molecule has 0 aliphatic carbocycles. The summed E-state index contributed by atoms with van der Waals surface area (Å²) >= 11 is 5.97. The fraction of sp³-hybridized carbons (Fsp3) is 0. The average molecular weight is 301 g/mol. The summed E-state index contributed by atoms with van der Waals surface area (Å²) < 4.78 is 0. The van der Waals surface area contributed by atoms with Crippen molar-refractivity contribution in [2.24, 2.45) is 4.99 Å². The quantitative estimate of drug-likeness (QED) is 0.304. The lowest BCUT2D eigenvalue weighted by Gasteiger charge is -2.01. The van der Waals surface area contributed by atoms with Gasteiger partial charge in [-0.1, -0.05) is 17.7 Å². The molecule has 104 valence electrons. The van der Waals surface area contributed by atoms with Crippen LogP contribution in [-0.2, 0) is 0 Å². The van der Waals surface area contributed by atoms with Crippen LogP contribution in [0.1, 0.15) is 5.56 Å². The fourth-order valence-electron chi connectivity index (χ4n) is 1.60. The zero-order valence-corrected chi connectivity index (χ0v) is 11.4. The predicted octanol–water partition coefficient (Wildman–Crippen LogP) is 4.13. The summed E-state index contributed by atoms with van der Waals surface area (Å²) in [5.74, 6) is 0. The van der Waals surface area contributed by atoms with E-state index in [0.717, 1.165) is 0 Å². The van der Waals surface area contributed by atoms with E-state index in [1.165, 1.54) is 30.5 Å². The van der Waals surface area contributed by atoms with Crippen molar-refractivity contribution in [3.8, 4) is 0 Å². The molecule has 0 unspecified atom stereocenters. The Labute approximate surface area is 125 Å². The Morgan fingerprint density at radius 1 is 1.33 bits per heavy atom. The molecule has 6 nitrogen and oxygen atoms in total. The smallest absolute Gasteiger partial charge is 0.270 e. The minimum atomic E-state index is -0.512. The maximum Gasteiger partial charge on any atom is 0.270 e. The lowest BCUT2D eigenvalue weighted by Crippen LogP contribution is -1.91. The van der Waals surface area contributed by atoms with Crippen molar-refractivity contribution in [2.75, 3.05) is 5.73 Å². The zero-order valence-electron chi connectivity index (χ0n) is 10.7. The first-order valence-electron chi connectivity index (χ1n) is 5.76. The van der Waals surface area contributed by atoms with Crippen molar-refractivity contribution < 1.29 is 4.92 Å². The Kier molecular flexibility index (Phi) is 4.16. The molecule has 0 heterocycles.